The van der Waals surface area contributed by atoms with Crippen molar-refractivity contribution in [3.8, 4) is 0 Å². The number of carbonyl (C=O) groups is 2. The van der Waals surface area contributed by atoms with Crippen LogP contribution in [-0.4, -0.2) is 23.6 Å². The van der Waals surface area contributed by atoms with E-state index in [2.05, 4.69) is 36.7 Å². The number of rotatable bonds is 4. The van der Waals surface area contributed by atoms with Crippen LogP contribution in [-0.2, 0) is 11.2 Å². The van der Waals surface area contributed by atoms with Crippen molar-refractivity contribution in [2.24, 2.45) is 11.3 Å². The van der Waals surface area contributed by atoms with E-state index in [9.17, 15) is 9.59 Å². The van der Waals surface area contributed by atoms with Crippen molar-refractivity contribution < 1.29 is 9.59 Å². The maximum absolute atomic E-state index is 12.3. The van der Waals surface area contributed by atoms with Crippen molar-refractivity contribution >= 4 is 33.3 Å². The number of halogens is 1. The van der Waals surface area contributed by atoms with Gasteiger partial charge in [0.05, 0.1) is 11.3 Å². The summed E-state index contributed by atoms with van der Waals surface area (Å²) in [5.41, 5.74) is 2.47. The first kappa shape index (κ1) is 16.2. The van der Waals surface area contributed by atoms with Gasteiger partial charge >= 0.3 is 0 Å². The summed E-state index contributed by atoms with van der Waals surface area (Å²) >= 11 is 3.53. The zero-order valence-electron chi connectivity index (χ0n) is 13.1. The molecule has 1 aliphatic rings. The lowest BCUT2D eigenvalue weighted by Crippen LogP contribution is -2.39. The number of benzene rings is 1. The van der Waals surface area contributed by atoms with E-state index in [0.717, 1.165) is 23.0 Å². The predicted octanol–water partition coefficient (Wildman–Crippen LogP) is 3.84. The molecule has 0 N–H and O–H groups in total. The normalized spacial score (nSPS) is 16.3. The number of fused-ring (bicyclic) bond motifs is 1. The molecule has 0 aromatic heterocycles. The van der Waals surface area contributed by atoms with Gasteiger partial charge in [-0.15, -0.1) is 0 Å². The fourth-order valence-corrected chi connectivity index (χ4v) is 3.70. The van der Waals surface area contributed by atoms with Crippen molar-refractivity contribution in [3.05, 3.63) is 29.3 Å². The monoisotopic (exact) mass is 351 g/mol. The summed E-state index contributed by atoms with van der Waals surface area (Å²) in [6, 6.07) is 5.76. The van der Waals surface area contributed by atoms with Gasteiger partial charge in [0, 0.05) is 11.9 Å². The first-order valence-corrected chi connectivity index (χ1v) is 8.46. The Morgan fingerprint density at radius 1 is 1.24 bits per heavy atom. The summed E-state index contributed by atoms with van der Waals surface area (Å²) in [6.07, 6.45) is 0.862. The van der Waals surface area contributed by atoms with Gasteiger partial charge < -0.3 is 4.90 Å². The van der Waals surface area contributed by atoms with E-state index in [1.165, 1.54) is 0 Å². The first-order valence-electron chi connectivity index (χ1n) is 7.34. The number of alkyl halides is 1. The average molecular weight is 352 g/mol. The Balaban J connectivity index is 2.35. The van der Waals surface area contributed by atoms with Crippen molar-refractivity contribution in [1.82, 2.24) is 0 Å². The number of nitrogens with zero attached hydrogens (tertiary/aromatic N) is 1. The Morgan fingerprint density at radius 2 is 1.90 bits per heavy atom. The third kappa shape index (κ3) is 3.05. The van der Waals surface area contributed by atoms with E-state index in [-0.39, 0.29) is 17.1 Å². The molecule has 1 heterocycles. The maximum Gasteiger partial charge on any atom is 0.299 e. The van der Waals surface area contributed by atoms with Crippen LogP contribution in [0.1, 0.15) is 43.6 Å². The van der Waals surface area contributed by atoms with Crippen LogP contribution in [0.15, 0.2) is 18.2 Å². The van der Waals surface area contributed by atoms with Gasteiger partial charge in [-0.1, -0.05) is 49.7 Å². The average Bonchev–Trinajstić information content (AvgIpc) is 2.67. The molecule has 3 nitrogen and oxygen atoms in total. The molecular formula is C17H22BrNO2. The van der Waals surface area contributed by atoms with E-state index < -0.39 is 5.91 Å². The second-order valence-electron chi connectivity index (χ2n) is 6.67. The van der Waals surface area contributed by atoms with Crippen LogP contribution in [0.25, 0.3) is 0 Å². The molecule has 1 aromatic carbocycles. The molecule has 0 saturated heterocycles. The molecule has 4 heteroatoms. The van der Waals surface area contributed by atoms with Gasteiger partial charge in [0.2, 0.25) is 0 Å². The molecule has 0 saturated carbocycles. The SMILES string of the molecule is CCc1ccc2c(c1)C(=O)C(=O)N2CC(CBr)C(C)(C)C. The fourth-order valence-electron chi connectivity index (χ4n) is 2.52. The summed E-state index contributed by atoms with van der Waals surface area (Å²) < 4.78 is 0. The predicted molar refractivity (Wildman–Crippen MR) is 89.2 cm³/mol. The molecule has 0 radical (unpaired) electrons. The van der Waals surface area contributed by atoms with Gasteiger partial charge in [-0.3, -0.25) is 9.59 Å². The van der Waals surface area contributed by atoms with E-state index in [1.54, 1.807) is 4.90 Å². The summed E-state index contributed by atoms with van der Waals surface area (Å²) in [6.45, 7) is 9.08. The van der Waals surface area contributed by atoms with Crippen LogP contribution >= 0.6 is 15.9 Å². The smallest absolute Gasteiger partial charge is 0.299 e. The van der Waals surface area contributed by atoms with Crippen LogP contribution in [0.4, 0.5) is 5.69 Å². The highest BCUT2D eigenvalue weighted by Gasteiger charge is 2.38. The minimum absolute atomic E-state index is 0.0684. The number of aryl methyl sites for hydroxylation is 1. The second-order valence-corrected chi connectivity index (χ2v) is 7.31. The number of anilines is 1. The van der Waals surface area contributed by atoms with Crippen molar-refractivity contribution in [1.29, 1.82) is 0 Å². The molecule has 21 heavy (non-hydrogen) atoms. The highest BCUT2D eigenvalue weighted by atomic mass is 79.9. The Morgan fingerprint density at radius 3 is 2.43 bits per heavy atom. The maximum atomic E-state index is 12.3. The quantitative estimate of drug-likeness (QED) is 0.610. The Kier molecular flexibility index (Phi) is 4.57. The van der Waals surface area contributed by atoms with Crippen molar-refractivity contribution in [2.75, 3.05) is 16.8 Å². The number of Topliss-reactive ketones (excluding diaryl/α,β-unsaturated/α-hetero) is 1. The minimum Gasteiger partial charge on any atom is -0.304 e. The summed E-state index contributed by atoms with van der Waals surface area (Å²) in [4.78, 5) is 26.1. The Labute approximate surface area is 134 Å². The van der Waals surface area contributed by atoms with Gasteiger partial charge in [-0.25, -0.2) is 0 Å². The number of hydrogen-bond acceptors (Lipinski definition) is 2. The lowest BCUT2D eigenvalue weighted by Gasteiger charge is -2.32. The van der Waals surface area contributed by atoms with Crippen LogP contribution in [0.5, 0.6) is 0 Å². The lowest BCUT2D eigenvalue weighted by atomic mass is 9.82. The highest BCUT2D eigenvalue weighted by Crippen LogP contribution is 2.34. The number of carbonyl (C=O) groups excluding carboxylic acids is 2. The van der Waals surface area contributed by atoms with E-state index in [0.29, 0.717) is 12.1 Å². The van der Waals surface area contributed by atoms with Gasteiger partial charge in [0.25, 0.3) is 11.7 Å². The van der Waals surface area contributed by atoms with Crippen LogP contribution in [0.2, 0.25) is 0 Å². The topological polar surface area (TPSA) is 37.4 Å². The van der Waals surface area contributed by atoms with E-state index in [1.807, 2.05) is 25.1 Å². The molecule has 0 spiro atoms. The highest BCUT2D eigenvalue weighted by molar-refractivity contribution is 9.09. The molecular weight excluding hydrogens is 330 g/mol. The van der Waals surface area contributed by atoms with E-state index >= 15 is 0 Å². The van der Waals surface area contributed by atoms with Crippen molar-refractivity contribution in [2.45, 2.75) is 34.1 Å². The molecule has 1 amide bonds. The van der Waals surface area contributed by atoms with Crippen molar-refractivity contribution in [3.63, 3.8) is 0 Å². The molecule has 1 aliphatic heterocycles. The Bertz CT molecular complexity index is 575. The Hall–Kier alpha value is -1.16. The van der Waals surface area contributed by atoms with Gasteiger partial charge in [0.15, 0.2) is 0 Å². The third-order valence-electron chi connectivity index (χ3n) is 4.26. The molecule has 0 fully saturated rings. The van der Waals surface area contributed by atoms with Crippen LogP contribution < -0.4 is 4.90 Å². The first-order chi connectivity index (χ1) is 9.79. The molecule has 114 valence electrons. The van der Waals surface area contributed by atoms with Crippen LogP contribution in [0, 0.1) is 11.3 Å². The molecule has 0 bridgehead atoms. The lowest BCUT2D eigenvalue weighted by molar-refractivity contribution is -0.114. The second kappa shape index (κ2) is 5.91. The molecule has 2 rings (SSSR count). The van der Waals surface area contributed by atoms with Gasteiger partial charge in [0.1, 0.15) is 0 Å². The zero-order valence-corrected chi connectivity index (χ0v) is 14.7. The third-order valence-corrected chi connectivity index (χ3v) is 5.04. The van der Waals surface area contributed by atoms with Gasteiger partial charge in [-0.2, -0.15) is 0 Å². The largest absolute Gasteiger partial charge is 0.304 e. The number of amides is 1. The summed E-state index contributed by atoms with van der Waals surface area (Å²) in [5, 5.41) is 0.802. The minimum atomic E-state index is -0.395. The molecule has 1 aromatic rings. The van der Waals surface area contributed by atoms with E-state index in [4.69, 9.17) is 0 Å². The standard InChI is InChI=1S/C17H22BrNO2/c1-5-11-6-7-14-13(8-11)15(20)16(21)19(14)10-12(9-18)17(2,3)4/h6-8,12H,5,9-10H2,1-4H3. The zero-order chi connectivity index (χ0) is 15.8. The molecule has 1 atom stereocenters. The number of ketones is 1. The van der Waals surface area contributed by atoms with Crippen LogP contribution in [0.3, 0.4) is 0 Å². The van der Waals surface area contributed by atoms with Gasteiger partial charge in [-0.05, 0) is 35.4 Å². The number of hydrogen-bond donors (Lipinski definition) is 0. The molecule has 1 unspecified atom stereocenters. The summed E-state index contributed by atoms with van der Waals surface area (Å²) in [7, 11) is 0. The summed E-state index contributed by atoms with van der Waals surface area (Å²) in [5.74, 6) is -0.484. The molecule has 0 aliphatic carbocycles. The fraction of sp³-hybridized carbons (Fsp3) is 0.529.